The van der Waals surface area contributed by atoms with Crippen molar-refractivity contribution in [2.24, 2.45) is 5.92 Å². The van der Waals surface area contributed by atoms with E-state index in [1.54, 1.807) is 6.92 Å². The zero-order chi connectivity index (χ0) is 15.3. The average molecular weight is 299 g/mol. The molecule has 0 bridgehead atoms. The van der Waals surface area contributed by atoms with Crippen molar-refractivity contribution in [1.29, 1.82) is 5.26 Å². The molecular formula is C11H13N3O5S. The van der Waals surface area contributed by atoms with Crippen molar-refractivity contribution in [3.05, 3.63) is 28.3 Å². The Morgan fingerprint density at radius 2 is 2.20 bits per heavy atom. The number of rotatable bonds is 6. The van der Waals surface area contributed by atoms with Crippen molar-refractivity contribution in [2.45, 2.75) is 11.8 Å². The highest BCUT2D eigenvalue weighted by atomic mass is 32.2. The second-order valence-electron chi connectivity index (χ2n) is 3.97. The first-order valence-corrected chi connectivity index (χ1v) is 7.02. The number of ether oxygens (including phenoxy) is 1. The van der Waals surface area contributed by atoms with E-state index in [1.165, 1.54) is 19.2 Å². The highest BCUT2D eigenvalue weighted by Crippen LogP contribution is 2.29. The lowest BCUT2D eigenvalue weighted by atomic mass is 10.2. The Hall–Kier alpha value is -2.18. The van der Waals surface area contributed by atoms with Crippen molar-refractivity contribution >= 4 is 15.7 Å². The van der Waals surface area contributed by atoms with Crippen LogP contribution in [0.25, 0.3) is 0 Å². The van der Waals surface area contributed by atoms with E-state index in [4.69, 9.17) is 10.00 Å². The molecule has 0 heterocycles. The van der Waals surface area contributed by atoms with Gasteiger partial charge in [0.05, 0.1) is 28.9 Å². The number of methoxy groups -OCH3 is 1. The van der Waals surface area contributed by atoms with Crippen molar-refractivity contribution in [3.8, 4) is 11.8 Å². The largest absolute Gasteiger partial charge is 0.490 e. The Balaban J connectivity index is 3.11. The molecule has 0 aromatic heterocycles. The standard InChI is InChI=1S/C11H13N3O5S/c1-8(6-12)7-13-20(17,18)9-3-4-11(19-2)10(5-9)14(15)16/h3-5,8,13H,7H2,1-2H3. The van der Waals surface area contributed by atoms with E-state index >= 15 is 0 Å². The van der Waals surface area contributed by atoms with Crippen LogP contribution in [0.15, 0.2) is 23.1 Å². The number of nitro benzene ring substituents is 1. The minimum Gasteiger partial charge on any atom is -0.490 e. The third-order valence-electron chi connectivity index (χ3n) is 2.46. The molecule has 1 aromatic carbocycles. The van der Waals surface area contributed by atoms with Crippen LogP contribution in [0.3, 0.4) is 0 Å². The predicted molar refractivity (Wildman–Crippen MR) is 69.6 cm³/mol. The molecule has 0 saturated carbocycles. The smallest absolute Gasteiger partial charge is 0.312 e. The summed E-state index contributed by atoms with van der Waals surface area (Å²) in [4.78, 5) is 9.86. The van der Waals surface area contributed by atoms with Gasteiger partial charge in [0.15, 0.2) is 5.75 Å². The van der Waals surface area contributed by atoms with Gasteiger partial charge in [-0.15, -0.1) is 0 Å². The van der Waals surface area contributed by atoms with E-state index < -0.39 is 26.6 Å². The summed E-state index contributed by atoms with van der Waals surface area (Å²) < 4.78 is 30.9. The molecule has 0 aliphatic heterocycles. The Kier molecular flexibility index (Phi) is 5.01. The number of benzene rings is 1. The van der Waals surface area contributed by atoms with Crippen LogP contribution < -0.4 is 9.46 Å². The van der Waals surface area contributed by atoms with E-state index in [-0.39, 0.29) is 17.2 Å². The predicted octanol–water partition coefficient (Wildman–Crippen LogP) is 1.04. The van der Waals surface area contributed by atoms with Gasteiger partial charge in [-0.2, -0.15) is 5.26 Å². The molecule has 1 unspecified atom stereocenters. The lowest BCUT2D eigenvalue weighted by Crippen LogP contribution is -2.28. The molecule has 0 fully saturated rings. The molecule has 0 spiro atoms. The summed E-state index contributed by atoms with van der Waals surface area (Å²) in [6, 6.07) is 5.20. The van der Waals surface area contributed by atoms with Gasteiger partial charge in [-0.05, 0) is 19.1 Å². The molecule has 8 nitrogen and oxygen atoms in total. The number of sulfonamides is 1. The molecule has 1 N–H and O–H groups in total. The molecule has 0 aliphatic carbocycles. The summed E-state index contributed by atoms with van der Waals surface area (Å²) in [6.07, 6.45) is 0. The fourth-order valence-electron chi connectivity index (χ4n) is 1.34. The summed E-state index contributed by atoms with van der Waals surface area (Å²) in [6.45, 7) is 1.48. The SMILES string of the molecule is COc1ccc(S(=O)(=O)NCC(C)C#N)cc1[N+](=O)[O-]. The summed E-state index contributed by atoms with van der Waals surface area (Å²) >= 11 is 0. The third kappa shape index (κ3) is 3.66. The summed E-state index contributed by atoms with van der Waals surface area (Å²) in [5.41, 5.74) is -0.441. The van der Waals surface area contributed by atoms with Gasteiger partial charge >= 0.3 is 5.69 Å². The van der Waals surface area contributed by atoms with E-state index in [2.05, 4.69) is 4.72 Å². The van der Waals surface area contributed by atoms with Gasteiger partial charge in [0.2, 0.25) is 10.0 Å². The van der Waals surface area contributed by atoms with Crippen molar-refractivity contribution in [1.82, 2.24) is 4.72 Å². The lowest BCUT2D eigenvalue weighted by molar-refractivity contribution is -0.386. The van der Waals surface area contributed by atoms with Crippen molar-refractivity contribution < 1.29 is 18.1 Å². The molecule has 20 heavy (non-hydrogen) atoms. The maximum Gasteiger partial charge on any atom is 0.312 e. The second-order valence-corrected chi connectivity index (χ2v) is 5.74. The van der Waals surface area contributed by atoms with Crippen LogP contribution in [0.4, 0.5) is 5.69 Å². The van der Waals surface area contributed by atoms with E-state index in [0.717, 1.165) is 6.07 Å². The zero-order valence-corrected chi connectivity index (χ0v) is 11.7. The fraction of sp³-hybridized carbons (Fsp3) is 0.364. The van der Waals surface area contributed by atoms with Crippen molar-refractivity contribution in [2.75, 3.05) is 13.7 Å². The topological polar surface area (TPSA) is 122 Å². The highest BCUT2D eigenvalue weighted by molar-refractivity contribution is 7.89. The molecule has 0 radical (unpaired) electrons. The number of nitrogens with one attached hydrogen (secondary N) is 1. The van der Waals surface area contributed by atoms with E-state index in [1.807, 2.05) is 6.07 Å². The zero-order valence-electron chi connectivity index (χ0n) is 10.9. The highest BCUT2D eigenvalue weighted by Gasteiger charge is 2.22. The summed E-state index contributed by atoms with van der Waals surface area (Å²) in [5.74, 6) is -0.530. The van der Waals surface area contributed by atoms with Gasteiger partial charge in [0.1, 0.15) is 0 Å². The van der Waals surface area contributed by atoms with Crippen LogP contribution in [-0.4, -0.2) is 27.0 Å². The number of nitriles is 1. The van der Waals surface area contributed by atoms with Gasteiger partial charge < -0.3 is 4.74 Å². The van der Waals surface area contributed by atoms with Crippen LogP contribution in [-0.2, 0) is 10.0 Å². The molecule has 1 rings (SSSR count). The van der Waals surface area contributed by atoms with Gasteiger partial charge in [-0.1, -0.05) is 0 Å². The minimum atomic E-state index is -3.91. The normalized spacial score (nSPS) is 12.4. The maximum absolute atomic E-state index is 11.9. The molecular weight excluding hydrogens is 286 g/mol. The fourth-order valence-corrected chi connectivity index (χ4v) is 2.49. The Bertz CT molecular complexity index is 651. The molecule has 1 aromatic rings. The molecule has 0 amide bonds. The van der Waals surface area contributed by atoms with Crippen LogP contribution in [0.1, 0.15) is 6.92 Å². The van der Waals surface area contributed by atoms with Crippen LogP contribution in [0, 0.1) is 27.4 Å². The average Bonchev–Trinajstić information content (AvgIpc) is 2.43. The van der Waals surface area contributed by atoms with Crippen LogP contribution in [0.2, 0.25) is 0 Å². The number of nitro groups is 1. The number of hydrogen-bond donors (Lipinski definition) is 1. The number of hydrogen-bond acceptors (Lipinski definition) is 6. The minimum absolute atomic E-state index is 0.0284. The molecule has 108 valence electrons. The third-order valence-corrected chi connectivity index (χ3v) is 3.88. The first-order valence-electron chi connectivity index (χ1n) is 5.53. The van der Waals surface area contributed by atoms with Gasteiger partial charge in [-0.3, -0.25) is 10.1 Å². The summed E-state index contributed by atoms with van der Waals surface area (Å²) in [5, 5.41) is 19.4. The van der Waals surface area contributed by atoms with Crippen molar-refractivity contribution in [3.63, 3.8) is 0 Å². The molecule has 1 atom stereocenters. The Morgan fingerprint density at radius 3 is 2.70 bits per heavy atom. The second kappa shape index (κ2) is 6.31. The first kappa shape index (κ1) is 15.9. The van der Waals surface area contributed by atoms with Gasteiger partial charge in [0, 0.05) is 12.6 Å². The van der Waals surface area contributed by atoms with Gasteiger partial charge in [0.25, 0.3) is 0 Å². The molecule has 9 heteroatoms. The first-order chi connectivity index (χ1) is 9.31. The van der Waals surface area contributed by atoms with Gasteiger partial charge in [-0.25, -0.2) is 13.1 Å². The Labute approximate surface area is 116 Å². The Morgan fingerprint density at radius 1 is 1.55 bits per heavy atom. The van der Waals surface area contributed by atoms with Crippen LogP contribution in [0.5, 0.6) is 5.75 Å². The monoisotopic (exact) mass is 299 g/mol. The number of nitrogens with zero attached hydrogens (tertiary/aromatic N) is 2. The van der Waals surface area contributed by atoms with E-state index in [9.17, 15) is 18.5 Å². The van der Waals surface area contributed by atoms with E-state index in [0.29, 0.717) is 0 Å². The molecule has 0 aliphatic rings. The quantitative estimate of drug-likeness (QED) is 0.618. The molecule has 0 saturated heterocycles. The lowest BCUT2D eigenvalue weighted by Gasteiger charge is -2.08. The summed E-state index contributed by atoms with van der Waals surface area (Å²) in [7, 11) is -2.65. The maximum atomic E-state index is 11.9. The van der Waals surface area contributed by atoms with Crippen LogP contribution >= 0.6 is 0 Å².